The molecule has 41 heavy (non-hydrogen) atoms. The molecule has 1 heterocycles. The molecule has 0 bridgehead atoms. The number of thioether (sulfide) groups is 1. The van der Waals surface area contributed by atoms with Crippen LogP contribution in [0, 0.1) is 6.92 Å². The van der Waals surface area contributed by atoms with Crippen molar-refractivity contribution in [2.75, 3.05) is 5.75 Å². The molecule has 0 N–H and O–H groups in total. The maximum atomic E-state index is 13.7. The quantitative estimate of drug-likeness (QED) is 0.0575. The fourth-order valence-corrected chi connectivity index (χ4v) is 5.93. The van der Waals surface area contributed by atoms with E-state index in [0.717, 1.165) is 38.8 Å². The number of hydrogen-bond donors (Lipinski definition) is 0. The van der Waals surface area contributed by atoms with Gasteiger partial charge in [-0.05, 0) is 61.9 Å². The molecule has 0 unspecified atom stereocenters. The van der Waals surface area contributed by atoms with Gasteiger partial charge in [-0.25, -0.2) is 4.79 Å². The lowest BCUT2D eigenvalue weighted by atomic mass is 9.99. The van der Waals surface area contributed by atoms with Crippen LogP contribution in [0.2, 0.25) is 0 Å². The van der Waals surface area contributed by atoms with Gasteiger partial charge in [0.15, 0.2) is 5.78 Å². The molecule has 0 saturated heterocycles. The summed E-state index contributed by atoms with van der Waals surface area (Å²) in [5.41, 5.74) is 4.94. The Kier molecular flexibility index (Phi) is 8.45. The summed E-state index contributed by atoms with van der Waals surface area (Å²) in [5, 5.41) is 5.71. The zero-order valence-corrected chi connectivity index (χ0v) is 24.0. The van der Waals surface area contributed by atoms with Gasteiger partial charge < -0.3 is 9.40 Å². The molecular formula is C34H30N2O4S. The zero-order valence-electron chi connectivity index (χ0n) is 23.2. The highest BCUT2D eigenvalue weighted by Crippen LogP contribution is 2.32. The van der Waals surface area contributed by atoms with Crippen molar-refractivity contribution in [1.82, 2.24) is 4.57 Å². The second-order valence-electron chi connectivity index (χ2n) is 9.72. The van der Waals surface area contributed by atoms with Crippen molar-refractivity contribution in [2.45, 2.75) is 38.6 Å². The van der Waals surface area contributed by atoms with Crippen molar-refractivity contribution in [2.24, 2.45) is 5.16 Å². The van der Waals surface area contributed by atoms with Gasteiger partial charge in [-0.2, -0.15) is 0 Å². The minimum atomic E-state index is -0.584. The zero-order chi connectivity index (χ0) is 28.9. The molecule has 0 aliphatic heterocycles. The van der Waals surface area contributed by atoms with Crippen LogP contribution in [0.5, 0.6) is 0 Å². The Morgan fingerprint density at radius 3 is 2.10 bits per heavy atom. The number of aromatic nitrogens is 1. The predicted octanol–water partition coefficient (Wildman–Crippen LogP) is 7.64. The maximum absolute atomic E-state index is 13.7. The Morgan fingerprint density at radius 1 is 0.805 bits per heavy atom. The minimum absolute atomic E-state index is 0.0564. The number of carbonyl (C=O) groups is 3. The Labute approximate surface area is 243 Å². The Balaban J connectivity index is 1.50. The monoisotopic (exact) mass is 562 g/mol. The van der Waals surface area contributed by atoms with E-state index in [1.807, 2.05) is 79.7 Å². The van der Waals surface area contributed by atoms with Crippen LogP contribution >= 0.6 is 11.8 Å². The maximum Gasteiger partial charge on any atom is 0.331 e. The molecule has 0 spiro atoms. The Bertz CT molecular complexity index is 1800. The normalized spacial score (nSPS) is 11.6. The summed E-state index contributed by atoms with van der Waals surface area (Å²) in [4.78, 5) is 44.4. The standard InChI is InChI=1S/C34H30N2O4S/c1-4-36-30-16-14-25(33(38)24-11-6-5-7-12-24)20-27(30)28-21-26(15-17-31(28)36)34(39)29(35-40-23(3)37)18-19-41-32-13-9-8-10-22(32)2/h5-17,20-21H,4,18-19H2,1-3H3/b35-29+. The number of carbonyl (C=O) groups excluding carboxylic acids is 3. The highest BCUT2D eigenvalue weighted by Gasteiger charge is 2.20. The van der Waals surface area contributed by atoms with Gasteiger partial charge >= 0.3 is 5.97 Å². The van der Waals surface area contributed by atoms with Crippen molar-refractivity contribution < 1.29 is 19.2 Å². The second kappa shape index (κ2) is 12.4. The summed E-state index contributed by atoms with van der Waals surface area (Å²) >= 11 is 1.63. The number of aryl methyl sites for hydroxylation is 2. The molecule has 1 aromatic heterocycles. The summed E-state index contributed by atoms with van der Waals surface area (Å²) in [7, 11) is 0. The summed E-state index contributed by atoms with van der Waals surface area (Å²) in [6.45, 7) is 6.10. The van der Waals surface area contributed by atoms with Crippen LogP contribution in [-0.4, -0.2) is 33.6 Å². The smallest absolute Gasteiger partial charge is 0.331 e. The number of ketones is 2. The number of fused-ring (bicyclic) bond motifs is 3. The topological polar surface area (TPSA) is 77.7 Å². The van der Waals surface area contributed by atoms with E-state index in [2.05, 4.69) is 16.6 Å². The van der Waals surface area contributed by atoms with Crippen LogP contribution in [0.15, 0.2) is 101 Å². The summed E-state index contributed by atoms with van der Waals surface area (Å²) in [5.74, 6) is -0.343. The molecule has 0 aliphatic carbocycles. The van der Waals surface area contributed by atoms with E-state index in [9.17, 15) is 14.4 Å². The third-order valence-corrected chi connectivity index (χ3v) is 8.16. The molecule has 6 nitrogen and oxygen atoms in total. The van der Waals surface area contributed by atoms with Gasteiger partial charge in [0.2, 0.25) is 5.78 Å². The van der Waals surface area contributed by atoms with Crippen molar-refractivity contribution in [3.05, 3.63) is 113 Å². The van der Waals surface area contributed by atoms with Crippen LogP contribution in [0.4, 0.5) is 0 Å². The lowest BCUT2D eigenvalue weighted by Gasteiger charge is -2.08. The third-order valence-electron chi connectivity index (χ3n) is 6.98. The van der Waals surface area contributed by atoms with Gasteiger partial charge in [-0.3, -0.25) is 9.59 Å². The average Bonchev–Trinajstić information content (AvgIpc) is 3.31. The summed E-state index contributed by atoms with van der Waals surface area (Å²) in [6.07, 6.45) is 0.329. The number of benzene rings is 4. The van der Waals surface area contributed by atoms with Crippen LogP contribution in [0.1, 0.15) is 52.1 Å². The lowest BCUT2D eigenvalue weighted by Crippen LogP contribution is -2.16. The molecule has 5 aromatic rings. The van der Waals surface area contributed by atoms with E-state index < -0.39 is 5.97 Å². The average molecular weight is 563 g/mol. The van der Waals surface area contributed by atoms with Crippen LogP contribution in [0.3, 0.4) is 0 Å². The molecule has 7 heteroatoms. The van der Waals surface area contributed by atoms with Gasteiger partial charge in [0, 0.05) is 69.0 Å². The molecule has 0 amide bonds. The van der Waals surface area contributed by atoms with Crippen molar-refractivity contribution in [1.29, 1.82) is 0 Å². The fourth-order valence-electron chi connectivity index (χ4n) is 4.95. The SMILES string of the molecule is CCn1c2ccc(C(=O)/C(CCSc3ccccc3C)=N/OC(C)=O)cc2c2cc(C(=O)c3ccccc3)ccc21. The summed E-state index contributed by atoms with van der Waals surface area (Å²) < 4.78 is 2.17. The molecule has 0 fully saturated rings. The van der Waals surface area contributed by atoms with Gasteiger partial charge in [0.05, 0.1) is 0 Å². The van der Waals surface area contributed by atoms with Gasteiger partial charge in [0.25, 0.3) is 0 Å². The van der Waals surface area contributed by atoms with E-state index in [0.29, 0.717) is 28.9 Å². The number of rotatable bonds is 10. The number of Topliss-reactive ketones (excluding diaryl/α,β-unsaturated/α-hetero) is 1. The highest BCUT2D eigenvalue weighted by molar-refractivity contribution is 7.99. The van der Waals surface area contributed by atoms with Gasteiger partial charge in [-0.1, -0.05) is 53.7 Å². The molecule has 0 saturated carbocycles. The van der Waals surface area contributed by atoms with Crippen LogP contribution in [0.25, 0.3) is 21.8 Å². The van der Waals surface area contributed by atoms with E-state index in [1.54, 1.807) is 30.0 Å². The van der Waals surface area contributed by atoms with Crippen molar-refractivity contribution in [3.63, 3.8) is 0 Å². The summed E-state index contributed by atoms with van der Waals surface area (Å²) in [6, 6.07) is 28.5. The first-order valence-electron chi connectivity index (χ1n) is 13.5. The first kappa shape index (κ1) is 28.1. The Hall–Kier alpha value is -4.49. The second-order valence-corrected chi connectivity index (χ2v) is 10.9. The van der Waals surface area contributed by atoms with E-state index in [4.69, 9.17) is 4.84 Å². The molecule has 0 radical (unpaired) electrons. The largest absolute Gasteiger partial charge is 0.341 e. The van der Waals surface area contributed by atoms with Crippen molar-refractivity contribution >= 4 is 56.8 Å². The van der Waals surface area contributed by atoms with Crippen LogP contribution < -0.4 is 0 Å². The minimum Gasteiger partial charge on any atom is -0.341 e. The van der Waals surface area contributed by atoms with E-state index in [1.165, 1.54) is 6.92 Å². The predicted molar refractivity (Wildman–Crippen MR) is 165 cm³/mol. The first-order chi connectivity index (χ1) is 19.9. The van der Waals surface area contributed by atoms with E-state index >= 15 is 0 Å². The lowest BCUT2D eigenvalue weighted by molar-refractivity contribution is -0.140. The van der Waals surface area contributed by atoms with E-state index in [-0.39, 0.29) is 17.3 Å². The molecule has 206 valence electrons. The highest BCUT2D eigenvalue weighted by atomic mass is 32.2. The molecular weight excluding hydrogens is 532 g/mol. The molecule has 4 aromatic carbocycles. The van der Waals surface area contributed by atoms with Crippen LogP contribution in [-0.2, 0) is 16.2 Å². The number of hydrogen-bond acceptors (Lipinski definition) is 6. The molecule has 0 aliphatic rings. The molecule has 0 atom stereocenters. The van der Waals surface area contributed by atoms with Gasteiger partial charge in [0.1, 0.15) is 5.71 Å². The fraction of sp³-hybridized carbons (Fsp3) is 0.176. The number of nitrogens with zero attached hydrogens (tertiary/aromatic N) is 2. The first-order valence-corrected chi connectivity index (χ1v) is 14.5. The number of oxime groups is 1. The third kappa shape index (κ3) is 6.00. The van der Waals surface area contributed by atoms with Gasteiger partial charge in [-0.15, -0.1) is 11.8 Å². The molecule has 5 rings (SSSR count). The van der Waals surface area contributed by atoms with Crippen molar-refractivity contribution in [3.8, 4) is 0 Å². The Morgan fingerprint density at radius 2 is 1.44 bits per heavy atom.